The summed E-state index contributed by atoms with van der Waals surface area (Å²) < 4.78 is 21.7. The van der Waals surface area contributed by atoms with Crippen molar-refractivity contribution in [2.24, 2.45) is 0 Å². The van der Waals surface area contributed by atoms with E-state index in [2.05, 4.69) is 118 Å². The van der Waals surface area contributed by atoms with Crippen LogP contribution < -0.4 is 0 Å². The van der Waals surface area contributed by atoms with Crippen LogP contribution in [0.25, 0.3) is 0 Å². The van der Waals surface area contributed by atoms with Crippen molar-refractivity contribution >= 4 is 33.0 Å². The minimum atomic E-state index is -2.28. The van der Waals surface area contributed by atoms with Crippen LogP contribution in [-0.4, -0.2) is 50.1 Å². The monoisotopic (exact) mass is 558 g/mol. The summed E-state index contributed by atoms with van der Waals surface area (Å²) in [6.07, 6.45) is 6.33. The van der Waals surface area contributed by atoms with Gasteiger partial charge in [0.25, 0.3) is 0 Å². The van der Waals surface area contributed by atoms with Crippen molar-refractivity contribution in [3.8, 4) is 0 Å². The van der Waals surface area contributed by atoms with Gasteiger partial charge in [0.05, 0.1) is 11.3 Å². The molecule has 2 unspecified atom stereocenters. The summed E-state index contributed by atoms with van der Waals surface area (Å²) in [4.78, 5) is 0. The summed E-state index contributed by atoms with van der Waals surface area (Å²) in [6.45, 7) is 41.1. The van der Waals surface area contributed by atoms with Gasteiger partial charge in [0.1, 0.15) is 8.07 Å². The maximum atomic E-state index is 7.43. The van der Waals surface area contributed by atoms with E-state index in [9.17, 15) is 0 Å². The topological polar surface area (TPSA) is 27.7 Å². The SMILES string of the molecule is C=C[Si](C)(C)OC(CC)(CC)[Si](C)(C)OC(CC)C(CC)(CC)[Si](C)(C)OC(CC)[Si](C)(C)C=C. The smallest absolute Gasteiger partial charge is 0.217 e. The molecule has 208 valence electrons. The Morgan fingerprint density at radius 2 is 1.14 bits per heavy atom. The van der Waals surface area contributed by atoms with Crippen LogP contribution in [0.1, 0.15) is 80.1 Å². The molecule has 0 aliphatic carbocycles. The highest BCUT2D eigenvalue weighted by atomic mass is 28.4. The van der Waals surface area contributed by atoms with Crippen LogP contribution in [0, 0.1) is 0 Å². The summed E-state index contributed by atoms with van der Waals surface area (Å²) >= 11 is 0. The fourth-order valence-electron chi connectivity index (χ4n) is 6.27. The van der Waals surface area contributed by atoms with Crippen LogP contribution >= 0.6 is 0 Å². The van der Waals surface area contributed by atoms with Crippen molar-refractivity contribution in [2.75, 3.05) is 0 Å². The van der Waals surface area contributed by atoms with E-state index < -0.39 is 33.0 Å². The third-order valence-corrected chi connectivity index (χ3v) is 23.0. The van der Waals surface area contributed by atoms with E-state index in [1.807, 2.05) is 0 Å². The highest BCUT2D eigenvalue weighted by molar-refractivity contribution is 6.85. The third-order valence-electron chi connectivity index (χ3n) is 9.24. The Morgan fingerprint density at radius 3 is 1.46 bits per heavy atom. The van der Waals surface area contributed by atoms with Gasteiger partial charge in [0, 0.05) is 10.8 Å². The average Bonchev–Trinajstić information content (AvgIpc) is 2.80. The normalized spacial score (nSPS) is 16.2. The summed E-state index contributed by atoms with van der Waals surface area (Å²) in [5.41, 5.74) is 4.57. The molecule has 0 aromatic heterocycles. The second kappa shape index (κ2) is 13.3. The molecule has 0 aliphatic heterocycles. The molecule has 7 heteroatoms. The predicted molar refractivity (Wildman–Crippen MR) is 168 cm³/mol. The first-order chi connectivity index (χ1) is 15.9. The molecule has 0 spiro atoms. The Balaban J connectivity index is 6.53. The summed E-state index contributed by atoms with van der Waals surface area (Å²) in [5, 5.41) is -0.169. The van der Waals surface area contributed by atoms with Gasteiger partial charge in [-0.05, 0) is 77.8 Å². The molecule has 0 radical (unpaired) electrons. The molecule has 0 rings (SSSR count). The van der Waals surface area contributed by atoms with E-state index in [4.69, 9.17) is 13.3 Å². The first-order valence-electron chi connectivity index (χ1n) is 14.2. The number of hydrogen-bond donors (Lipinski definition) is 0. The molecule has 0 aliphatic rings. The molecule has 0 heterocycles. The zero-order chi connectivity index (χ0) is 27.9. The number of rotatable bonds is 18. The molecule has 0 saturated heterocycles. The molecule has 0 amide bonds. The lowest BCUT2D eigenvalue weighted by atomic mass is 9.93. The first-order valence-corrected chi connectivity index (χ1v) is 26.2. The molecule has 0 bridgehead atoms. The van der Waals surface area contributed by atoms with Crippen molar-refractivity contribution < 1.29 is 13.3 Å². The highest BCUT2D eigenvalue weighted by Crippen LogP contribution is 2.53. The lowest BCUT2D eigenvalue weighted by Gasteiger charge is -2.55. The summed E-state index contributed by atoms with van der Waals surface area (Å²) in [7, 11) is -8.10. The van der Waals surface area contributed by atoms with Crippen LogP contribution in [0.5, 0.6) is 0 Å². The van der Waals surface area contributed by atoms with Gasteiger partial charge in [-0.3, -0.25) is 0 Å². The van der Waals surface area contributed by atoms with Crippen molar-refractivity contribution in [1.29, 1.82) is 0 Å². The summed E-state index contributed by atoms with van der Waals surface area (Å²) in [5.74, 6) is 0. The highest BCUT2D eigenvalue weighted by Gasteiger charge is 2.57. The zero-order valence-corrected chi connectivity index (χ0v) is 30.2. The maximum Gasteiger partial charge on any atom is 0.217 e. The van der Waals surface area contributed by atoms with E-state index in [1.165, 1.54) is 0 Å². The van der Waals surface area contributed by atoms with Gasteiger partial charge < -0.3 is 13.3 Å². The first kappa shape index (κ1) is 35.2. The van der Waals surface area contributed by atoms with E-state index in [-0.39, 0.29) is 16.4 Å². The maximum absolute atomic E-state index is 7.43. The Labute approximate surface area is 224 Å². The van der Waals surface area contributed by atoms with Crippen LogP contribution in [0.15, 0.2) is 24.6 Å². The van der Waals surface area contributed by atoms with Gasteiger partial charge >= 0.3 is 0 Å². The van der Waals surface area contributed by atoms with Crippen molar-refractivity contribution in [3.05, 3.63) is 24.6 Å². The third kappa shape index (κ3) is 7.64. The Kier molecular flexibility index (Phi) is 13.4. The molecule has 3 nitrogen and oxygen atoms in total. The van der Waals surface area contributed by atoms with E-state index in [1.54, 1.807) is 0 Å². The molecular weight excluding hydrogens is 497 g/mol. The van der Waals surface area contributed by atoms with Crippen molar-refractivity contribution in [2.45, 2.75) is 155 Å². The van der Waals surface area contributed by atoms with Gasteiger partial charge in [-0.1, -0.05) is 66.0 Å². The van der Waals surface area contributed by atoms with Gasteiger partial charge in [0.2, 0.25) is 16.6 Å². The van der Waals surface area contributed by atoms with E-state index in [0.717, 1.165) is 38.5 Å². The molecule has 0 aromatic carbocycles. The van der Waals surface area contributed by atoms with Crippen molar-refractivity contribution in [3.63, 3.8) is 0 Å². The fourth-order valence-corrected chi connectivity index (χ4v) is 19.8. The van der Waals surface area contributed by atoms with Gasteiger partial charge in [-0.2, -0.15) is 0 Å². The van der Waals surface area contributed by atoms with Crippen LogP contribution in [0.2, 0.25) is 57.4 Å². The average molecular weight is 559 g/mol. The Hall–Kier alpha value is 0.228. The van der Waals surface area contributed by atoms with E-state index in [0.29, 0.717) is 5.73 Å². The Morgan fingerprint density at radius 1 is 0.657 bits per heavy atom. The van der Waals surface area contributed by atoms with Gasteiger partial charge in [-0.25, -0.2) is 0 Å². The minimum Gasteiger partial charge on any atom is -0.416 e. The molecule has 2 atom stereocenters. The molecule has 35 heavy (non-hydrogen) atoms. The van der Waals surface area contributed by atoms with Crippen LogP contribution in [0.3, 0.4) is 0 Å². The minimum absolute atomic E-state index is 0.0453. The van der Waals surface area contributed by atoms with Crippen molar-refractivity contribution in [1.82, 2.24) is 0 Å². The van der Waals surface area contributed by atoms with E-state index >= 15 is 0 Å². The zero-order valence-electron chi connectivity index (χ0n) is 26.2. The largest absolute Gasteiger partial charge is 0.416 e. The van der Waals surface area contributed by atoms with Gasteiger partial charge in [-0.15, -0.1) is 13.2 Å². The fraction of sp³-hybridized carbons (Fsp3) is 0.857. The number of hydrogen-bond acceptors (Lipinski definition) is 3. The Bertz CT molecular complexity index is 665. The van der Waals surface area contributed by atoms with Crippen LogP contribution in [-0.2, 0) is 13.3 Å². The standard InChI is InChI=1S/C28H62O3Si4/c1-17-25(29-35(15,16)28(21-5,22-6)31-33(11,12)24-8)27(19-3,20-4)34(13,14)30-26(18-2)32(9,10)23-7/h23-26H,7-8,17-22H2,1-6,9-16H3. The molecular formula is C28H62O3Si4. The molecule has 0 saturated carbocycles. The van der Waals surface area contributed by atoms with Gasteiger partial charge in [0.15, 0.2) is 8.32 Å². The summed E-state index contributed by atoms with van der Waals surface area (Å²) in [6, 6.07) is 0. The molecule has 0 aromatic rings. The van der Waals surface area contributed by atoms with Crippen LogP contribution in [0.4, 0.5) is 0 Å². The molecule has 0 fully saturated rings. The lowest BCUT2D eigenvalue weighted by Crippen LogP contribution is -2.65. The second-order valence-corrected chi connectivity index (χ2v) is 29.5. The second-order valence-electron chi connectivity index (χ2n) is 12.5. The lowest BCUT2D eigenvalue weighted by molar-refractivity contribution is 0.0499. The molecule has 0 N–H and O–H groups in total. The quantitative estimate of drug-likeness (QED) is 0.157. The predicted octanol–water partition coefficient (Wildman–Crippen LogP) is 9.57.